The summed E-state index contributed by atoms with van der Waals surface area (Å²) in [7, 11) is 1.76. The summed E-state index contributed by atoms with van der Waals surface area (Å²) in [5, 5.41) is 0. The minimum atomic E-state index is -0.352. The van der Waals surface area contributed by atoms with Crippen molar-refractivity contribution < 1.29 is 4.79 Å². The van der Waals surface area contributed by atoms with Crippen molar-refractivity contribution in [3.8, 4) is 0 Å². The molecular formula is C14H22N4O2. The van der Waals surface area contributed by atoms with Gasteiger partial charge in [0.1, 0.15) is 5.69 Å². The minimum absolute atomic E-state index is 0.191. The van der Waals surface area contributed by atoms with Crippen molar-refractivity contribution in [2.24, 2.45) is 5.92 Å². The number of aromatic amines is 1. The standard InChI is InChI=1S/C14H22N4O2/c1-11(10-18-5-3-4-6-18)9-17(2)14(20)12-7-15-8-13(19)16-12/h7-8,11H,3-6,9-10H2,1-2H3,(H,16,19). The number of hydrogen-bond acceptors (Lipinski definition) is 4. The fourth-order valence-corrected chi connectivity index (χ4v) is 2.71. The zero-order chi connectivity index (χ0) is 14.5. The highest BCUT2D eigenvalue weighted by molar-refractivity contribution is 5.91. The SMILES string of the molecule is CC(CN1CCCC1)CN(C)C(=O)c1cncc(=O)[nH]1. The van der Waals surface area contributed by atoms with Gasteiger partial charge in [0.05, 0.1) is 12.4 Å². The molecule has 1 N–H and O–H groups in total. The summed E-state index contributed by atoms with van der Waals surface area (Å²) in [6.45, 7) is 6.16. The molecule has 1 aliphatic rings. The molecule has 0 aromatic carbocycles. The van der Waals surface area contributed by atoms with Crippen LogP contribution in [0.2, 0.25) is 0 Å². The summed E-state index contributed by atoms with van der Waals surface area (Å²) in [5.74, 6) is 0.217. The number of hydrogen-bond donors (Lipinski definition) is 1. The highest BCUT2D eigenvalue weighted by Gasteiger charge is 2.19. The molecule has 2 rings (SSSR count). The van der Waals surface area contributed by atoms with E-state index in [4.69, 9.17) is 0 Å². The molecular weight excluding hydrogens is 256 g/mol. The number of amides is 1. The summed E-state index contributed by atoms with van der Waals surface area (Å²) in [5.41, 5.74) is -0.109. The van der Waals surface area contributed by atoms with E-state index >= 15 is 0 Å². The van der Waals surface area contributed by atoms with Gasteiger partial charge in [-0.15, -0.1) is 0 Å². The Labute approximate surface area is 118 Å². The first-order valence-electron chi connectivity index (χ1n) is 7.08. The molecule has 0 radical (unpaired) electrons. The fourth-order valence-electron chi connectivity index (χ4n) is 2.71. The van der Waals surface area contributed by atoms with Crippen LogP contribution in [0.4, 0.5) is 0 Å². The molecule has 1 aromatic heterocycles. The topological polar surface area (TPSA) is 69.3 Å². The predicted octanol–water partition coefficient (Wildman–Crippen LogP) is 0.574. The maximum absolute atomic E-state index is 12.2. The second-order valence-electron chi connectivity index (χ2n) is 5.61. The van der Waals surface area contributed by atoms with Crippen molar-refractivity contribution in [2.45, 2.75) is 19.8 Å². The molecule has 110 valence electrons. The summed E-state index contributed by atoms with van der Waals surface area (Å²) in [6, 6.07) is 0. The predicted molar refractivity (Wildman–Crippen MR) is 76.7 cm³/mol. The lowest BCUT2D eigenvalue weighted by Gasteiger charge is -2.25. The lowest BCUT2D eigenvalue weighted by atomic mass is 10.1. The first-order chi connectivity index (χ1) is 9.56. The molecule has 0 bridgehead atoms. The quantitative estimate of drug-likeness (QED) is 0.855. The third kappa shape index (κ3) is 3.90. The van der Waals surface area contributed by atoms with Crippen molar-refractivity contribution in [1.29, 1.82) is 0 Å². The van der Waals surface area contributed by atoms with Crippen LogP contribution in [-0.2, 0) is 0 Å². The molecule has 6 nitrogen and oxygen atoms in total. The molecule has 0 aliphatic carbocycles. The van der Waals surface area contributed by atoms with Gasteiger partial charge >= 0.3 is 0 Å². The highest BCUT2D eigenvalue weighted by atomic mass is 16.2. The zero-order valence-electron chi connectivity index (χ0n) is 12.1. The Kier molecular flexibility index (Phi) is 4.89. The molecule has 1 fully saturated rings. The minimum Gasteiger partial charge on any atom is -0.340 e. The first-order valence-corrected chi connectivity index (χ1v) is 7.08. The van der Waals surface area contributed by atoms with Crippen LogP contribution >= 0.6 is 0 Å². The van der Waals surface area contributed by atoms with E-state index in [1.54, 1.807) is 11.9 Å². The molecule has 2 heterocycles. The normalized spacial score (nSPS) is 17.1. The fraction of sp³-hybridized carbons (Fsp3) is 0.643. The zero-order valence-corrected chi connectivity index (χ0v) is 12.1. The van der Waals surface area contributed by atoms with Gasteiger partial charge in [-0.3, -0.25) is 14.6 Å². The van der Waals surface area contributed by atoms with Gasteiger partial charge in [0.25, 0.3) is 11.5 Å². The van der Waals surface area contributed by atoms with Gasteiger partial charge in [-0.1, -0.05) is 6.92 Å². The van der Waals surface area contributed by atoms with Crippen molar-refractivity contribution in [3.63, 3.8) is 0 Å². The third-order valence-corrected chi connectivity index (χ3v) is 3.58. The monoisotopic (exact) mass is 278 g/mol. The average molecular weight is 278 g/mol. The van der Waals surface area contributed by atoms with Gasteiger partial charge < -0.3 is 14.8 Å². The van der Waals surface area contributed by atoms with Gasteiger partial charge in [-0.05, 0) is 31.8 Å². The van der Waals surface area contributed by atoms with Crippen LogP contribution < -0.4 is 5.56 Å². The molecule has 1 amide bonds. The smallest absolute Gasteiger partial charge is 0.271 e. The van der Waals surface area contributed by atoms with Crippen LogP contribution in [0.15, 0.2) is 17.2 Å². The van der Waals surface area contributed by atoms with Crippen molar-refractivity contribution in [2.75, 3.05) is 33.2 Å². The van der Waals surface area contributed by atoms with Gasteiger partial charge in [-0.2, -0.15) is 0 Å². The lowest BCUT2D eigenvalue weighted by Crippen LogP contribution is -2.36. The lowest BCUT2D eigenvalue weighted by molar-refractivity contribution is 0.0759. The van der Waals surface area contributed by atoms with E-state index in [9.17, 15) is 9.59 Å². The molecule has 0 saturated carbocycles. The van der Waals surface area contributed by atoms with Crippen LogP contribution in [0.3, 0.4) is 0 Å². The van der Waals surface area contributed by atoms with Gasteiger partial charge in [0.15, 0.2) is 0 Å². The Bertz CT molecular complexity index is 508. The Morgan fingerprint density at radius 2 is 2.15 bits per heavy atom. The maximum Gasteiger partial charge on any atom is 0.271 e. The molecule has 0 spiro atoms. The second-order valence-corrected chi connectivity index (χ2v) is 5.61. The number of H-pyrrole nitrogens is 1. The highest BCUT2D eigenvalue weighted by Crippen LogP contribution is 2.11. The van der Waals surface area contributed by atoms with Crippen molar-refractivity contribution in [1.82, 2.24) is 19.8 Å². The first kappa shape index (κ1) is 14.7. The molecule has 1 unspecified atom stereocenters. The van der Waals surface area contributed by atoms with E-state index in [1.165, 1.54) is 19.0 Å². The Morgan fingerprint density at radius 1 is 1.45 bits per heavy atom. The van der Waals surface area contributed by atoms with Gasteiger partial charge in [0.2, 0.25) is 0 Å². The Morgan fingerprint density at radius 3 is 2.80 bits per heavy atom. The van der Waals surface area contributed by atoms with Crippen LogP contribution in [0.25, 0.3) is 0 Å². The van der Waals surface area contributed by atoms with Crippen LogP contribution in [0.1, 0.15) is 30.3 Å². The summed E-state index contributed by atoms with van der Waals surface area (Å²) in [6.07, 6.45) is 5.11. The maximum atomic E-state index is 12.2. The second kappa shape index (κ2) is 6.65. The Hall–Kier alpha value is -1.69. The van der Waals surface area contributed by atoms with E-state index < -0.39 is 0 Å². The number of nitrogens with one attached hydrogen (secondary N) is 1. The van der Waals surface area contributed by atoms with E-state index in [-0.39, 0.29) is 17.2 Å². The van der Waals surface area contributed by atoms with E-state index in [0.29, 0.717) is 12.5 Å². The number of nitrogens with zero attached hydrogens (tertiary/aromatic N) is 3. The molecule has 1 saturated heterocycles. The van der Waals surface area contributed by atoms with Crippen molar-refractivity contribution >= 4 is 5.91 Å². The van der Waals surface area contributed by atoms with Crippen LogP contribution in [-0.4, -0.2) is 58.9 Å². The van der Waals surface area contributed by atoms with E-state index in [0.717, 1.165) is 25.8 Å². The van der Waals surface area contributed by atoms with Crippen LogP contribution in [0.5, 0.6) is 0 Å². The van der Waals surface area contributed by atoms with Gasteiger partial charge in [-0.25, -0.2) is 0 Å². The molecule has 1 aliphatic heterocycles. The number of carbonyl (C=O) groups is 1. The summed E-state index contributed by atoms with van der Waals surface area (Å²) in [4.78, 5) is 33.7. The summed E-state index contributed by atoms with van der Waals surface area (Å²) < 4.78 is 0. The number of carbonyl (C=O) groups excluding carboxylic acids is 1. The number of rotatable bonds is 5. The van der Waals surface area contributed by atoms with Crippen LogP contribution in [0, 0.1) is 5.92 Å². The average Bonchev–Trinajstić information content (AvgIpc) is 2.90. The molecule has 6 heteroatoms. The van der Waals surface area contributed by atoms with E-state index in [1.807, 2.05) is 0 Å². The number of aromatic nitrogens is 2. The van der Waals surface area contributed by atoms with Crippen molar-refractivity contribution in [3.05, 3.63) is 28.4 Å². The van der Waals surface area contributed by atoms with E-state index in [2.05, 4.69) is 21.8 Å². The summed E-state index contributed by atoms with van der Waals surface area (Å²) >= 11 is 0. The third-order valence-electron chi connectivity index (χ3n) is 3.58. The molecule has 20 heavy (non-hydrogen) atoms. The molecule has 1 aromatic rings. The van der Waals surface area contributed by atoms with Gasteiger partial charge in [0, 0.05) is 20.1 Å². The molecule has 1 atom stereocenters. The largest absolute Gasteiger partial charge is 0.340 e. The Balaban J connectivity index is 1.88. The number of likely N-dealkylation sites (tertiary alicyclic amines) is 1.